The average Bonchev–Trinajstić information content (AvgIpc) is 2.36. The van der Waals surface area contributed by atoms with Gasteiger partial charge in [-0.2, -0.15) is 0 Å². The molecule has 2 rings (SSSR count). The van der Waals surface area contributed by atoms with Crippen molar-refractivity contribution in [3.63, 3.8) is 0 Å². The van der Waals surface area contributed by atoms with Gasteiger partial charge in [-0.05, 0) is 46.3 Å². The number of rotatable bonds is 3. The molecule has 19 heavy (non-hydrogen) atoms. The first-order valence-electron chi connectivity index (χ1n) is 5.24. The van der Waals surface area contributed by atoms with Gasteiger partial charge >= 0.3 is 0 Å². The van der Waals surface area contributed by atoms with Gasteiger partial charge in [-0.15, -0.1) is 0 Å². The van der Waals surface area contributed by atoms with E-state index in [1.54, 1.807) is 18.2 Å². The number of nitrogen functional groups attached to an aromatic ring is 1. The lowest BCUT2D eigenvalue weighted by molar-refractivity contribution is 0.477. The van der Waals surface area contributed by atoms with Gasteiger partial charge in [0, 0.05) is 11.6 Å². The van der Waals surface area contributed by atoms with E-state index in [-0.39, 0.29) is 10.9 Å². The second-order valence-electron chi connectivity index (χ2n) is 3.74. The number of nitrogens with two attached hydrogens (primary N) is 1. The number of hydrogen-bond donors (Lipinski definition) is 2. The van der Waals surface area contributed by atoms with E-state index in [0.29, 0.717) is 21.5 Å². The molecule has 0 aliphatic rings. The monoisotopic (exact) mass is 342 g/mol. The van der Waals surface area contributed by atoms with Crippen LogP contribution in [-0.2, 0) is 0 Å². The SMILES string of the molecule is N=C(N)c1ccc(Oc2ccc(F)c(Cl)c2)c(Br)c1. The number of ether oxygens (including phenoxy) is 1. The van der Waals surface area contributed by atoms with Crippen LogP contribution in [0.1, 0.15) is 5.56 Å². The maximum atomic E-state index is 13.0. The molecular weight excluding hydrogens is 335 g/mol. The number of halogens is 3. The molecular formula is C13H9BrClFN2O. The van der Waals surface area contributed by atoms with Gasteiger partial charge in [0.2, 0.25) is 0 Å². The lowest BCUT2D eigenvalue weighted by Crippen LogP contribution is -2.10. The van der Waals surface area contributed by atoms with Crippen molar-refractivity contribution in [2.45, 2.75) is 0 Å². The van der Waals surface area contributed by atoms with Gasteiger partial charge in [-0.3, -0.25) is 5.41 Å². The highest BCUT2D eigenvalue weighted by Gasteiger charge is 2.07. The zero-order chi connectivity index (χ0) is 14.0. The number of benzene rings is 2. The molecule has 2 aromatic rings. The van der Waals surface area contributed by atoms with Crippen molar-refractivity contribution < 1.29 is 9.13 Å². The van der Waals surface area contributed by atoms with Crippen LogP contribution in [-0.4, -0.2) is 5.84 Å². The summed E-state index contributed by atoms with van der Waals surface area (Å²) in [6, 6.07) is 9.10. The Hall–Kier alpha value is -1.59. The first-order valence-corrected chi connectivity index (χ1v) is 6.41. The summed E-state index contributed by atoms with van der Waals surface area (Å²) in [6.45, 7) is 0. The Bertz CT molecular complexity index is 649. The van der Waals surface area contributed by atoms with Crippen LogP contribution in [0.2, 0.25) is 5.02 Å². The minimum absolute atomic E-state index is 0.00558. The predicted octanol–water partition coefficient (Wildman–Crippen LogP) is 4.32. The zero-order valence-electron chi connectivity index (χ0n) is 9.58. The maximum Gasteiger partial charge on any atom is 0.142 e. The second-order valence-corrected chi connectivity index (χ2v) is 5.00. The zero-order valence-corrected chi connectivity index (χ0v) is 11.9. The van der Waals surface area contributed by atoms with Gasteiger partial charge in [-0.1, -0.05) is 11.6 Å². The summed E-state index contributed by atoms with van der Waals surface area (Å²) in [4.78, 5) is 0. The summed E-state index contributed by atoms with van der Waals surface area (Å²) >= 11 is 9.00. The van der Waals surface area contributed by atoms with Crippen molar-refractivity contribution in [3.05, 3.63) is 57.3 Å². The minimum Gasteiger partial charge on any atom is -0.456 e. The molecule has 0 fully saturated rings. The molecule has 0 saturated carbocycles. The van der Waals surface area contributed by atoms with E-state index in [4.69, 9.17) is 27.5 Å². The summed E-state index contributed by atoms with van der Waals surface area (Å²) < 4.78 is 19.2. The lowest BCUT2D eigenvalue weighted by atomic mass is 10.2. The summed E-state index contributed by atoms with van der Waals surface area (Å²) in [6.07, 6.45) is 0. The van der Waals surface area contributed by atoms with Gasteiger partial charge in [-0.25, -0.2) is 4.39 Å². The van der Waals surface area contributed by atoms with Crippen LogP contribution in [0.5, 0.6) is 11.5 Å². The Labute approximate surface area is 122 Å². The van der Waals surface area contributed by atoms with Crippen LogP contribution in [0.15, 0.2) is 40.9 Å². The van der Waals surface area contributed by atoms with Gasteiger partial charge < -0.3 is 10.5 Å². The molecule has 0 unspecified atom stereocenters. The molecule has 0 saturated heterocycles. The largest absolute Gasteiger partial charge is 0.456 e. The number of amidine groups is 1. The molecule has 0 radical (unpaired) electrons. The first-order chi connectivity index (χ1) is 8.97. The fourth-order valence-electron chi connectivity index (χ4n) is 1.42. The molecule has 2 aromatic carbocycles. The van der Waals surface area contributed by atoms with E-state index in [0.717, 1.165) is 0 Å². The Balaban J connectivity index is 2.28. The van der Waals surface area contributed by atoms with Gasteiger partial charge in [0.15, 0.2) is 0 Å². The normalized spacial score (nSPS) is 10.3. The minimum atomic E-state index is -0.500. The molecule has 98 valence electrons. The van der Waals surface area contributed by atoms with E-state index < -0.39 is 5.82 Å². The lowest BCUT2D eigenvalue weighted by Gasteiger charge is -2.09. The Kier molecular flexibility index (Phi) is 4.07. The van der Waals surface area contributed by atoms with Crippen molar-refractivity contribution in [3.8, 4) is 11.5 Å². The third-order valence-electron chi connectivity index (χ3n) is 2.36. The Morgan fingerprint density at radius 3 is 2.58 bits per heavy atom. The third-order valence-corrected chi connectivity index (χ3v) is 3.27. The molecule has 3 N–H and O–H groups in total. The number of hydrogen-bond acceptors (Lipinski definition) is 2. The van der Waals surface area contributed by atoms with Crippen LogP contribution in [0.3, 0.4) is 0 Å². The topological polar surface area (TPSA) is 59.1 Å². The van der Waals surface area contributed by atoms with E-state index in [1.165, 1.54) is 18.2 Å². The van der Waals surface area contributed by atoms with Gasteiger partial charge in [0.05, 0.1) is 9.50 Å². The van der Waals surface area contributed by atoms with E-state index in [9.17, 15) is 4.39 Å². The maximum absolute atomic E-state index is 13.0. The fraction of sp³-hybridized carbons (Fsp3) is 0. The highest BCUT2D eigenvalue weighted by atomic mass is 79.9. The molecule has 6 heteroatoms. The Morgan fingerprint density at radius 2 is 2.00 bits per heavy atom. The third kappa shape index (κ3) is 3.24. The standard InChI is InChI=1S/C13H9BrClFN2O/c14-9-5-7(13(17)18)1-4-12(9)19-8-2-3-11(16)10(15)6-8/h1-6H,(H3,17,18). The molecule has 0 aliphatic heterocycles. The molecule has 0 heterocycles. The van der Waals surface area contributed by atoms with Crippen LogP contribution < -0.4 is 10.5 Å². The molecule has 0 bridgehead atoms. The van der Waals surface area contributed by atoms with Crippen molar-refractivity contribution in [1.29, 1.82) is 5.41 Å². The van der Waals surface area contributed by atoms with Crippen LogP contribution in [0.4, 0.5) is 4.39 Å². The average molecular weight is 344 g/mol. The molecule has 3 nitrogen and oxygen atoms in total. The molecule has 0 spiro atoms. The van der Waals surface area contributed by atoms with Crippen LogP contribution >= 0.6 is 27.5 Å². The quantitative estimate of drug-likeness (QED) is 0.644. The predicted molar refractivity (Wildman–Crippen MR) is 76.6 cm³/mol. The smallest absolute Gasteiger partial charge is 0.142 e. The van der Waals surface area contributed by atoms with E-state index >= 15 is 0 Å². The molecule has 0 atom stereocenters. The van der Waals surface area contributed by atoms with Crippen molar-refractivity contribution >= 4 is 33.4 Å². The Morgan fingerprint density at radius 1 is 1.26 bits per heavy atom. The number of nitrogens with one attached hydrogen (secondary N) is 1. The molecule has 0 amide bonds. The van der Waals surface area contributed by atoms with Crippen LogP contribution in [0.25, 0.3) is 0 Å². The van der Waals surface area contributed by atoms with Crippen molar-refractivity contribution in [2.75, 3.05) is 0 Å². The summed E-state index contributed by atoms with van der Waals surface area (Å²) in [5, 5.41) is 7.33. The molecule has 0 aliphatic carbocycles. The van der Waals surface area contributed by atoms with Crippen molar-refractivity contribution in [1.82, 2.24) is 0 Å². The summed E-state index contributed by atoms with van der Waals surface area (Å²) in [5.41, 5.74) is 5.96. The summed E-state index contributed by atoms with van der Waals surface area (Å²) in [5.74, 6) is 0.410. The van der Waals surface area contributed by atoms with Gasteiger partial charge in [0.1, 0.15) is 23.2 Å². The fourth-order valence-corrected chi connectivity index (χ4v) is 2.05. The first kappa shape index (κ1) is 13.8. The molecule has 0 aromatic heterocycles. The van der Waals surface area contributed by atoms with Crippen LogP contribution in [0, 0.1) is 11.2 Å². The van der Waals surface area contributed by atoms with E-state index in [1.807, 2.05) is 0 Å². The second kappa shape index (κ2) is 5.59. The van der Waals surface area contributed by atoms with E-state index in [2.05, 4.69) is 15.9 Å². The highest BCUT2D eigenvalue weighted by Crippen LogP contribution is 2.32. The summed E-state index contributed by atoms with van der Waals surface area (Å²) in [7, 11) is 0. The van der Waals surface area contributed by atoms with Gasteiger partial charge in [0.25, 0.3) is 0 Å². The van der Waals surface area contributed by atoms with Crippen molar-refractivity contribution in [2.24, 2.45) is 5.73 Å². The highest BCUT2D eigenvalue weighted by molar-refractivity contribution is 9.10.